The van der Waals surface area contributed by atoms with Crippen LogP contribution in [0.15, 0.2) is 48.1 Å². The van der Waals surface area contributed by atoms with Crippen LogP contribution in [-0.4, -0.2) is 14.8 Å². The van der Waals surface area contributed by atoms with Gasteiger partial charge in [-0.2, -0.15) is 5.10 Å². The Labute approximate surface area is 115 Å². The van der Waals surface area contributed by atoms with Crippen LogP contribution in [0.2, 0.25) is 0 Å². The van der Waals surface area contributed by atoms with Crippen LogP contribution in [0, 0.1) is 6.92 Å². The van der Waals surface area contributed by atoms with Gasteiger partial charge in [0, 0.05) is 29.2 Å². The Bertz CT molecular complexity index is 658. The third-order valence-electron chi connectivity index (χ3n) is 2.73. The molecule has 0 radical (unpaired) electrons. The highest BCUT2D eigenvalue weighted by molar-refractivity contribution is 7.09. The fourth-order valence-corrected chi connectivity index (χ4v) is 2.55. The van der Waals surface area contributed by atoms with E-state index in [-0.39, 0.29) is 0 Å². The summed E-state index contributed by atoms with van der Waals surface area (Å²) in [5.74, 6) is 0. The minimum absolute atomic E-state index is 0.751. The Balaban J connectivity index is 1.73. The van der Waals surface area contributed by atoms with Crippen molar-refractivity contribution in [3.8, 4) is 5.69 Å². The van der Waals surface area contributed by atoms with Crippen molar-refractivity contribution in [2.45, 2.75) is 13.5 Å². The molecule has 1 N–H and O–H groups in total. The van der Waals surface area contributed by atoms with E-state index in [2.05, 4.69) is 26.8 Å². The smallest absolute Gasteiger partial charge is 0.112 e. The molecule has 19 heavy (non-hydrogen) atoms. The number of nitrogens with zero attached hydrogens (tertiary/aromatic N) is 3. The van der Waals surface area contributed by atoms with E-state index in [0.717, 1.165) is 28.6 Å². The SMILES string of the molecule is Cc1csc(CNc2cccc(-n3cccn3)c2)n1. The van der Waals surface area contributed by atoms with Crippen molar-refractivity contribution in [3.05, 3.63) is 58.8 Å². The Hall–Kier alpha value is -2.14. The minimum atomic E-state index is 0.751. The summed E-state index contributed by atoms with van der Waals surface area (Å²) in [6.45, 7) is 2.76. The highest BCUT2D eigenvalue weighted by Gasteiger charge is 2.01. The van der Waals surface area contributed by atoms with Gasteiger partial charge in [-0.25, -0.2) is 9.67 Å². The number of aromatic nitrogens is 3. The zero-order valence-electron chi connectivity index (χ0n) is 10.6. The lowest BCUT2D eigenvalue weighted by Crippen LogP contribution is -2.00. The summed E-state index contributed by atoms with van der Waals surface area (Å²) in [5, 5.41) is 10.8. The molecular formula is C14H14N4S. The second-order valence-electron chi connectivity index (χ2n) is 4.24. The van der Waals surface area contributed by atoms with E-state index in [1.807, 2.05) is 42.1 Å². The van der Waals surface area contributed by atoms with E-state index in [4.69, 9.17) is 0 Å². The molecule has 0 saturated carbocycles. The second kappa shape index (κ2) is 5.24. The minimum Gasteiger partial charge on any atom is -0.378 e. The van der Waals surface area contributed by atoms with Crippen LogP contribution in [0.4, 0.5) is 5.69 Å². The number of aryl methyl sites for hydroxylation is 1. The third kappa shape index (κ3) is 2.82. The van der Waals surface area contributed by atoms with Crippen molar-refractivity contribution in [1.29, 1.82) is 0 Å². The molecule has 5 heteroatoms. The number of nitrogens with one attached hydrogen (secondary N) is 1. The zero-order valence-corrected chi connectivity index (χ0v) is 11.4. The van der Waals surface area contributed by atoms with Gasteiger partial charge in [-0.1, -0.05) is 6.07 Å². The Morgan fingerprint density at radius 2 is 2.26 bits per heavy atom. The van der Waals surface area contributed by atoms with Crippen LogP contribution in [-0.2, 0) is 6.54 Å². The molecule has 0 aliphatic rings. The molecular weight excluding hydrogens is 256 g/mol. The molecule has 0 unspecified atom stereocenters. The molecule has 0 atom stereocenters. The van der Waals surface area contributed by atoms with Gasteiger partial charge in [-0.05, 0) is 31.2 Å². The van der Waals surface area contributed by atoms with Gasteiger partial charge in [0.25, 0.3) is 0 Å². The molecule has 2 aromatic heterocycles. The molecule has 0 fully saturated rings. The van der Waals surface area contributed by atoms with Crippen molar-refractivity contribution in [2.24, 2.45) is 0 Å². The molecule has 1 aromatic carbocycles. The fraction of sp³-hybridized carbons (Fsp3) is 0.143. The number of anilines is 1. The molecule has 96 valence electrons. The average molecular weight is 270 g/mol. The Kier molecular flexibility index (Phi) is 3.29. The molecule has 0 amide bonds. The van der Waals surface area contributed by atoms with Gasteiger partial charge in [0.05, 0.1) is 12.2 Å². The summed E-state index contributed by atoms with van der Waals surface area (Å²) in [5.41, 5.74) is 3.19. The zero-order chi connectivity index (χ0) is 13.1. The van der Waals surface area contributed by atoms with Gasteiger partial charge < -0.3 is 5.32 Å². The predicted octanol–water partition coefficient (Wildman–Crippen LogP) is 3.25. The summed E-state index contributed by atoms with van der Waals surface area (Å²) < 4.78 is 1.85. The van der Waals surface area contributed by atoms with Gasteiger partial charge >= 0.3 is 0 Å². The Morgan fingerprint density at radius 1 is 1.32 bits per heavy atom. The monoisotopic (exact) mass is 270 g/mol. The fourth-order valence-electron chi connectivity index (χ4n) is 1.84. The topological polar surface area (TPSA) is 42.7 Å². The predicted molar refractivity (Wildman–Crippen MR) is 77.7 cm³/mol. The van der Waals surface area contributed by atoms with Crippen LogP contribution in [0.3, 0.4) is 0 Å². The molecule has 0 bridgehead atoms. The molecule has 0 aliphatic carbocycles. The number of rotatable bonds is 4. The molecule has 0 spiro atoms. The van der Waals surface area contributed by atoms with E-state index in [0.29, 0.717) is 0 Å². The Morgan fingerprint density at radius 3 is 3.00 bits per heavy atom. The van der Waals surface area contributed by atoms with Gasteiger partial charge in [0.15, 0.2) is 0 Å². The van der Waals surface area contributed by atoms with Crippen LogP contribution >= 0.6 is 11.3 Å². The molecule has 0 aliphatic heterocycles. The van der Waals surface area contributed by atoms with Gasteiger partial charge in [-0.3, -0.25) is 0 Å². The lowest BCUT2D eigenvalue weighted by atomic mass is 10.3. The largest absolute Gasteiger partial charge is 0.378 e. The highest BCUT2D eigenvalue weighted by Crippen LogP contribution is 2.16. The first-order valence-corrected chi connectivity index (χ1v) is 6.94. The summed E-state index contributed by atoms with van der Waals surface area (Å²) in [6.07, 6.45) is 3.71. The van der Waals surface area contributed by atoms with E-state index in [9.17, 15) is 0 Å². The van der Waals surface area contributed by atoms with Crippen LogP contribution in [0.5, 0.6) is 0 Å². The first-order chi connectivity index (χ1) is 9.31. The number of hydrogen-bond acceptors (Lipinski definition) is 4. The van der Waals surface area contributed by atoms with Crippen LogP contribution < -0.4 is 5.32 Å². The normalized spacial score (nSPS) is 10.6. The maximum Gasteiger partial charge on any atom is 0.112 e. The van der Waals surface area contributed by atoms with E-state index < -0.39 is 0 Å². The first kappa shape index (κ1) is 11.9. The summed E-state index contributed by atoms with van der Waals surface area (Å²) in [6, 6.07) is 10.1. The second-order valence-corrected chi connectivity index (χ2v) is 5.18. The van der Waals surface area contributed by atoms with Crippen molar-refractivity contribution < 1.29 is 0 Å². The number of hydrogen-bond donors (Lipinski definition) is 1. The van der Waals surface area contributed by atoms with Crippen molar-refractivity contribution >= 4 is 17.0 Å². The maximum atomic E-state index is 4.44. The number of benzene rings is 1. The van der Waals surface area contributed by atoms with Gasteiger partial charge in [-0.15, -0.1) is 11.3 Å². The van der Waals surface area contributed by atoms with E-state index >= 15 is 0 Å². The molecule has 3 aromatic rings. The molecule has 0 saturated heterocycles. The van der Waals surface area contributed by atoms with Crippen LogP contribution in [0.1, 0.15) is 10.7 Å². The molecule has 2 heterocycles. The van der Waals surface area contributed by atoms with Crippen LogP contribution in [0.25, 0.3) is 5.69 Å². The lowest BCUT2D eigenvalue weighted by molar-refractivity contribution is 0.880. The number of thiazole rings is 1. The maximum absolute atomic E-state index is 4.44. The quantitative estimate of drug-likeness (QED) is 0.791. The van der Waals surface area contributed by atoms with Crippen molar-refractivity contribution in [1.82, 2.24) is 14.8 Å². The van der Waals surface area contributed by atoms with E-state index in [1.54, 1.807) is 17.5 Å². The van der Waals surface area contributed by atoms with Gasteiger partial charge in [0.2, 0.25) is 0 Å². The average Bonchev–Trinajstić information content (AvgIpc) is 3.08. The van der Waals surface area contributed by atoms with E-state index in [1.165, 1.54) is 0 Å². The standard InChI is InChI=1S/C14H14N4S/c1-11-10-19-14(17-11)9-15-12-4-2-5-13(8-12)18-7-3-6-16-18/h2-8,10,15H,9H2,1H3. The highest BCUT2D eigenvalue weighted by atomic mass is 32.1. The lowest BCUT2D eigenvalue weighted by Gasteiger charge is -2.07. The van der Waals surface area contributed by atoms with Crippen molar-refractivity contribution in [2.75, 3.05) is 5.32 Å². The summed E-state index contributed by atoms with van der Waals surface area (Å²) >= 11 is 1.68. The summed E-state index contributed by atoms with van der Waals surface area (Å²) in [7, 11) is 0. The summed E-state index contributed by atoms with van der Waals surface area (Å²) in [4.78, 5) is 4.44. The third-order valence-corrected chi connectivity index (χ3v) is 3.69. The molecule has 4 nitrogen and oxygen atoms in total. The molecule has 3 rings (SSSR count). The van der Waals surface area contributed by atoms with Crippen molar-refractivity contribution in [3.63, 3.8) is 0 Å². The van der Waals surface area contributed by atoms with Gasteiger partial charge in [0.1, 0.15) is 5.01 Å². The first-order valence-electron chi connectivity index (χ1n) is 6.06.